The molecule has 3 N–H and O–H groups in total. The highest BCUT2D eigenvalue weighted by molar-refractivity contribution is 5.91. The van der Waals surface area contributed by atoms with E-state index in [0.717, 1.165) is 0 Å². The standard InChI is InChI=1S/C13H17F3N2O.ClH/c14-13(15,16)8-7-10-4-1-2-5-11(10)18-12(19)6-3-9-17;/h1-2,4-5H,3,6-9,17H2,(H,18,19);1H. The van der Waals surface area contributed by atoms with Gasteiger partial charge < -0.3 is 11.1 Å². The molecular weight excluding hydrogens is 293 g/mol. The van der Waals surface area contributed by atoms with Crippen molar-refractivity contribution in [1.82, 2.24) is 0 Å². The number of anilines is 1. The van der Waals surface area contributed by atoms with E-state index < -0.39 is 12.6 Å². The van der Waals surface area contributed by atoms with Crippen LogP contribution in [0.5, 0.6) is 0 Å². The number of hydrogen-bond donors (Lipinski definition) is 2. The molecule has 1 amide bonds. The van der Waals surface area contributed by atoms with Gasteiger partial charge in [-0.1, -0.05) is 18.2 Å². The third-order valence-electron chi connectivity index (χ3n) is 2.58. The fourth-order valence-corrected chi connectivity index (χ4v) is 1.61. The van der Waals surface area contributed by atoms with Gasteiger partial charge in [0, 0.05) is 18.5 Å². The zero-order chi connectivity index (χ0) is 14.3. The molecule has 0 aromatic heterocycles. The maximum absolute atomic E-state index is 12.2. The first-order valence-electron chi connectivity index (χ1n) is 6.07. The van der Waals surface area contributed by atoms with Crippen LogP contribution >= 0.6 is 12.4 Å². The number of amides is 1. The molecule has 0 bridgehead atoms. The number of halogens is 4. The van der Waals surface area contributed by atoms with E-state index in [4.69, 9.17) is 5.73 Å². The van der Waals surface area contributed by atoms with Gasteiger partial charge in [0.15, 0.2) is 0 Å². The van der Waals surface area contributed by atoms with Crippen molar-refractivity contribution in [3.63, 3.8) is 0 Å². The Balaban J connectivity index is 0.00000361. The lowest BCUT2D eigenvalue weighted by Gasteiger charge is -2.12. The molecule has 0 radical (unpaired) electrons. The van der Waals surface area contributed by atoms with E-state index in [1.807, 2.05) is 0 Å². The normalized spacial score (nSPS) is 10.8. The zero-order valence-electron chi connectivity index (χ0n) is 10.9. The van der Waals surface area contributed by atoms with Crippen LogP contribution in [0.4, 0.5) is 18.9 Å². The topological polar surface area (TPSA) is 55.1 Å². The first-order valence-corrected chi connectivity index (χ1v) is 6.07. The zero-order valence-corrected chi connectivity index (χ0v) is 11.7. The van der Waals surface area contributed by atoms with Gasteiger partial charge in [0.1, 0.15) is 0 Å². The number of carbonyl (C=O) groups excluding carboxylic acids is 1. The molecular formula is C13H18ClF3N2O. The number of hydrogen-bond acceptors (Lipinski definition) is 2. The quantitative estimate of drug-likeness (QED) is 0.847. The summed E-state index contributed by atoms with van der Waals surface area (Å²) in [7, 11) is 0. The predicted octanol–water partition coefficient (Wildman–Crippen LogP) is 3.28. The lowest BCUT2D eigenvalue weighted by molar-refractivity contribution is -0.133. The monoisotopic (exact) mass is 310 g/mol. The van der Waals surface area contributed by atoms with Crippen LogP contribution in [-0.4, -0.2) is 18.6 Å². The van der Waals surface area contributed by atoms with Gasteiger partial charge in [0.25, 0.3) is 0 Å². The second kappa shape index (κ2) is 8.81. The lowest BCUT2D eigenvalue weighted by Crippen LogP contribution is -2.15. The summed E-state index contributed by atoms with van der Waals surface area (Å²) in [4.78, 5) is 11.5. The van der Waals surface area contributed by atoms with Crippen LogP contribution < -0.4 is 11.1 Å². The molecule has 1 aromatic carbocycles. The van der Waals surface area contributed by atoms with Gasteiger partial charge >= 0.3 is 6.18 Å². The van der Waals surface area contributed by atoms with Crippen LogP contribution in [-0.2, 0) is 11.2 Å². The summed E-state index contributed by atoms with van der Waals surface area (Å²) < 4.78 is 36.6. The molecule has 0 saturated heterocycles. The van der Waals surface area contributed by atoms with Gasteiger partial charge in [-0.25, -0.2) is 0 Å². The summed E-state index contributed by atoms with van der Waals surface area (Å²) in [5.41, 5.74) is 6.22. The second-order valence-corrected chi connectivity index (χ2v) is 4.21. The van der Waals surface area contributed by atoms with Crippen LogP contribution in [0.25, 0.3) is 0 Å². The highest BCUT2D eigenvalue weighted by Gasteiger charge is 2.26. The van der Waals surface area contributed by atoms with Gasteiger partial charge in [-0.05, 0) is 31.0 Å². The second-order valence-electron chi connectivity index (χ2n) is 4.21. The molecule has 0 unspecified atom stereocenters. The van der Waals surface area contributed by atoms with Gasteiger partial charge in [0.2, 0.25) is 5.91 Å². The summed E-state index contributed by atoms with van der Waals surface area (Å²) >= 11 is 0. The highest BCUT2D eigenvalue weighted by atomic mass is 35.5. The average Bonchev–Trinajstić information content (AvgIpc) is 2.34. The van der Waals surface area contributed by atoms with Gasteiger partial charge in [-0.15, -0.1) is 12.4 Å². The summed E-state index contributed by atoms with van der Waals surface area (Å²) in [6, 6.07) is 6.52. The molecule has 114 valence electrons. The lowest BCUT2D eigenvalue weighted by atomic mass is 10.1. The summed E-state index contributed by atoms with van der Waals surface area (Å²) in [5, 5.41) is 2.62. The smallest absolute Gasteiger partial charge is 0.330 e. The number of alkyl halides is 3. The van der Waals surface area contributed by atoms with E-state index in [0.29, 0.717) is 24.2 Å². The molecule has 0 aliphatic rings. The molecule has 0 saturated carbocycles. The Hall–Kier alpha value is -1.27. The van der Waals surface area contributed by atoms with Gasteiger partial charge in [-0.2, -0.15) is 13.2 Å². The van der Waals surface area contributed by atoms with Crippen molar-refractivity contribution in [2.75, 3.05) is 11.9 Å². The SMILES string of the molecule is Cl.NCCCC(=O)Nc1ccccc1CCC(F)(F)F. The van der Waals surface area contributed by atoms with Crippen molar-refractivity contribution in [3.05, 3.63) is 29.8 Å². The Kier molecular flexibility index (Phi) is 8.25. The van der Waals surface area contributed by atoms with Crippen molar-refractivity contribution in [2.45, 2.75) is 31.9 Å². The number of rotatable bonds is 6. The molecule has 3 nitrogen and oxygen atoms in total. The highest BCUT2D eigenvalue weighted by Crippen LogP contribution is 2.25. The molecule has 0 spiro atoms. The molecule has 0 aliphatic carbocycles. The minimum absolute atomic E-state index is 0. The van der Waals surface area contributed by atoms with Crippen molar-refractivity contribution in [3.8, 4) is 0 Å². The Morgan fingerprint density at radius 3 is 2.50 bits per heavy atom. The van der Waals surface area contributed by atoms with E-state index in [1.165, 1.54) is 0 Å². The molecule has 7 heteroatoms. The third-order valence-corrected chi connectivity index (χ3v) is 2.58. The van der Waals surface area contributed by atoms with E-state index >= 15 is 0 Å². The van der Waals surface area contributed by atoms with Crippen LogP contribution in [0.2, 0.25) is 0 Å². The molecule has 0 heterocycles. The first-order chi connectivity index (χ1) is 8.92. The molecule has 20 heavy (non-hydrogen) atoms. The number of benzene rings is 1. The van der Waals surface area contributed by atoms with Crippen molar-refractivity contribution in [1.29, 1.82) is 0 Å². The van der Waals surface area contributed by atoms with Gasteiger partial charge in [-0.3, -0.25) is 4.79 Å². The summed E-state index contributed by atoms with van der Waals surface area (Å²) in [6.45, 7) is 0.406. The third kappa shape index (κ3) is 7.35. The largest absolute Gasteiger partial charge is 0.389 e. The molecule has 0 fully saturated rings. The van der Waals surface area contributed by atoms with Crippen molar-refractivity contribution in [2.24, 2.45) is 5.73 Å². The number of nitrogens with one attached hydrogen (secondary N) is 1. The number of para-hydroxylation sites is 1. The molecule has 0 atom stereocenters. The molecule has 1 aromatic rings. The minimum atomic E-state index is -4.20. The maximum Gasteiger partial charge on any atom is 0.389 e. The van der Waals surface area contributed by atoms with Gasteiger partial charge in [0.05, 0.1) is 0 Å². The number of nitrogens with two attached hydrogens (primary N) is 1. The van der Waals surface area contributed by atoms with Crippen molar-refractivity contribution < 1.29 is 18.0 Å². The Morgan fingerprint density at radius 2 is 1.90 bits per heavy atom. The van der Waals surface area contributed by atoms with Crippen LogP contribution in [0.1, 0.15) is 24.8 Å². The predicted molar refractivity (Wildman–Crippen MR) is 75.0 cm³/mol. The van der Waals surface area contributed by atoms with E-state index in [2.05, 4.69) is 5.32 Å². The molecule has 0 aliphatic heterocycles. The van der Waals surface area contributed by atoms with Crippen LogP contribution in [0.3, 0.4) is 0 Å². The van der Waals surface area contributed by atoms with Crippen molar-refractivity contribution >= 4 is 24.0 Å². The average molecular weight is 311 g/mol. The Labute approximate surface area is 122 Å². The minimum Gasteiger partial charge on any atom is -0.330 e. The fourth-order valence-electron chi connectivity index (χ4n) is 1.61. The first kappa shape index (κ1) is 18.7. The van der Waals surface area contributed by atoms with Crippen LogP contribution in [0.15, 0.2) is 24.3 Å². The van der Waals surface area contributed by atoms with E-state index in [1.54, 1.807) is 24.3 Å². The van der Waals surface area contributed by atoms with E-state index in [-0.39, 0.29) is 31.2 Å². The van der Waals surface area contributed by atoms with Crippen LogP contribution in [0, 0.1) is 0 Å². The Bertz CT molecular complexity index is 424. The summed E-state index contributed by atoms with van der Waals surface area (Å²) in [6.07, 6.45) is -4.42. The van der Waals surface area contributed by atoms with E-state index in [9.17, 15) is 18.0 Å². The number of carbonyl (C=O) groups is 1. The number of aryl methyl sites for hydroxylation is 1. The fraction of sp³-hybridized carbons (Fsp3) is 0.462. The molecule has 1 rings (SSSR count). The summed E-state index contributed by atoms with van der Waals surface area (Å²) in [5.74, 6) is -0.232. The maximum atomic E-state index is 12.2. The Morgan fingerprint density at radius 1 is 1.25 bits per heavy atom.